The zero-order valence-electron chi connectivity index (χ0n) is 21.4. The number of benzene rings is 2. The molecule has 2 aromatic rings. The van der Waals surface area contributed by atoms with Crippen molar-refractivity contribution in [3.8, 4) is 0 Å². The Morgan fingerprint density at radius 2 is 1.06 bits per heavy atom. The number of ether oxygens (including phenoxy) is 6. The average molecular weight is 505 g/mol. The summed E-state index contributed by atoms with van der Waals surface area (Å²) in [6.07, 6.45) is 1.25. The molecule has 9 nitrogen and oxygen atoms in total. The van der Waals surface area contributed by atoms with Crippen molar-refractivity contribution >= 4 is 6.03 Å². The molecule has 200 valence electrons. The summed E-state index contributed by atoms with van der Waals surface area (Å²) < 4.78 is 32.0. The molecule has 0 heterocycles. The first kappa shape index (κ1) is 29.7. The van der Waals surface area contributed by atoms with Crippen molar-refractivity contribution < 1.29 is 33.2 Å². The van der Waals surface area contributed by atoms with Crippen molar-refractivity contribution in [3.05, 3.63) is 71.8 Å². The fraction of sp³-hybridized carbons (Fsp3) is 0.519. The molecule has 0 fully saturated rings. The van der Waals surface area contributed by atoms with Crippen LogP contribution in [0.25, 0.3) is 0 Å². The monoisotopic (exact) mass is 504 g/mol. The second kappa shape index (κ2) is 19.6. The molecule has 0 saturated carbocycles. The zero-order valence-corrected chi connectivity index (χ0v) is 21.4. The smallest absolute Gasteiger partial charge is 0.315 e. The molecule has 0 bridgehead atoms. The SMILES string of the molecule is COCCOCOC[C@@H](Cc1ccccc1)NC(=O)N[C@@H](COCOCCOC)Cc1ccccc1. The van der Waals surface area contributed by atoms with E-state index in [0.29, 0.717) is 52.5 Å². The highest BCUT2D eigenvalue weighted by Crippen LogP contribution is 2.06. The van der Waals surface area contributed by atoms with Crippen molar-refractivity contribution in [2.24, 2.45) is 0 Å². The van der Waals surface area contributed by atoms with E-state index in [9.17, 15) is 4.79 Å². The molecule has 0 radical (unpaired) electrons. The normalized spacial score (nSPS) is 12.7. The highest BCUT2D eigenvalue weighted by atomic mass is 16.7. The van der Waals surface area contributed by atoms with Crippen LogP contribution in [0.3, 0.4) is 0 Å². The van der Waals surface area contributed by atoms with Crippen molar-refractivity contribution in [2.75, 3.05) is 67.4 Å². The molecule has 2 rings (SSSR count). The second-order valence-electron chi connectivity index (χ2n) is 8.17. The van der Waals surface area contributed by atoms with E-state index in [1.807, 2.05) is 60.7 Å². The molecule has 0 aliphatic carbocycles. The van der Waals surface area contributed by atoms with Crippen molar-refractivity contribution in [2.45, 2.75) is 24.9 Å². The number of carbonyl (C=O) groups excluding carboxylic acids is 1. The van der Waals surface area contributed by atoms with Gasteiger partial charge >= 0.3 is 6.03 Å². The standard InChI is InChI=1S/C27H40N2O7/c1-31-13-15-33-21-35-19-25(17-23-9-5-3-6-10-23)28-27(30)29-26(18-24-11-7-4-8-12-24)20-36-22-34-16-14-32-2/h3-12,25-26H,13-22H2,1-2H3,(H2,28,29,30)/t25-,26-/m1/s1. The van der Waals surface area contributed by atoms with Gasteiger partial charge in [0.2, 0.25) is 0 Å². The summed E-state index contributed by atoms with van der Waals surface area (Å²) >= 11 is 0. The van der Waals surface area contributed by atoms with Gasteiger partial charge in [-0.05, 0) is 24.0 Å². The van der Waals surface area contributed by atoms with Gasteiger partial charge in [-0.1, -0.05) is 60.7 Å². The summed E-state index contributed by atoms with van der Waals surface area (Å²) in [5.41, 5.74) is 2.20. The molecule has 2 atom stereocenters. The van der Waals surface area contributed by atoms with Crippen molar-refractivity contribution in [1.29, 1.82) is 0 Å². The van der Waals surface area contributed by atoms with Crippen LogP contribution in [0.5, 0.6) is 0 Å². The number of hydrogen-bond donors (Lipinski definition) is 2. The molecule has 0 aliphatic heterocycles. The Balaban J connectivity index is 1.90. The summed E-state index contributed by atoms with van der Waals surface area (Å²) in [4.78, 5) is 13.0. The van der Waals surface area contributed by atoms with E-state index in [2.05, 4.69) is 10.6 Å². The average Bonchev–Trinajstić information content (AvgIpc) is 2.89. The van der Waals surface area contributed by atoms with Crippen molar-refractivity contribution in [1.82, 2.24) is 10.6 Å². The maximum absolute atomic E-state index is 13.0. The molecule has 2 aromatic carbocycles. The van der Waals surface area contributed by atoms with E-state index in [1.54, 1.807) is 14.2 Å². The largest absolute Gasteiger partial charge is 0.382 e. The van der Waals surface area contributed by atoms with E-state index >= 15 is 0 Å². The Morgan fingerprint density at radius 3 is 1.44 bits per heavy atom. The maximum atomic E-state index is 13.0. The summed E-state index contributed by atoms with van der Waals surface area (Å²) in [5, 5.41) is 6.09. The van der Waals surface area contributed by atoms with E-state index in [4.69, 9.17) is 28.4 Å². The Labute approximate surface area is 214 Å². The summed E-state index contributed by atoms with van der Waals surface area (Å²) in [7, 11) is 3.24. The quantitative estimate of drug-likeness (QED) is 0.211. The maximum Gasteiger partial charge on any atom is 0.315 e. The molecule has 0 aliphatic rings. The Bertz CT molecular complexity index is 730. The van der Waals surface area contributed by atoms with E-state index in [1.165, 1.54) is 0 Å². The number of urea groups is 1. The molecule has 9 heteroatoms. The lowest BCUT2D eigenvalue weighted by atomic mass is 10.1. The fourth-order valence-corrected chi connectivity index (χ4v) is 3.41. The lowest BCUT2D eigenvalue weighted by molar-refractivity contribution is -0.0711. The number of nitrogens with one attached hydrogen (secondary N) is 2. The Morgan fingerprint density at radius 1 is 0.639 bits per heavy atom. The number of hydrogen-bond acceptors (Lipinski definition) is 7. The minimum Gasteiger partial charge on any atom is -0.382 e. The van der Waals surface area contributed by atoms with Crippen LogP contribution in [0.1, 0.15) is 11.1 Å². The molecule has 36 heavy (non-hydrogen) atoms. The van der Waals surface area contributed by atoms with Gasteiger partial charge in [0.05, 0.1) is 51.7 Å². The summed E-state index contributed by atoms with van der Waals surface area (Å²) in [6.45, 7) is 2.77. The Kier molecular flexibility index (Phi) is 16.2. The number of amides is 2. The Hall–Kier alpha value is -2.53. The summed E-state index contributed by atoms with van der Waals surface area (Å²) in [5.74, 6) is 0. The molecule has 0 unspecified atom stereocenters. The van der Waals surface area contributed by atoms with Gasteiger partial charge < -0.3 is 39.1 Å². The van der Waals surface area contributed by atoms with Crippen LogP contribution in [0.2, 0.25) is 0 Å². The molecule has 0 saturated heterocycles. The minimum absolute atomic E-state index is 0.130. The first-order valence-corrected chi connectivity index (χ1v) is 12.1. The lowest BCUT2D eigenvalue weighted by Gasteiger charge is -2.23. The molecular weight excluding hydrogens is 464 g/mol. The number of methoxy groups -OCH3 is 2. The van der Waals surface area contributed by atoms with Crippen LogP contribution >= 0.6 is 0 Å². The zero-order chi connectivity index (χ0) is 25.7. The minimum atomic E-state index is -0.287. The predicted molar refractivity (Wildman–Crippen MR) is 137 cm³/mol. The van der Waals surface area contributed by atoms with Gasteiger partial charge in [0.15, 0.2) is 0 Å². The van der Waals surface area contributed by atoms with Gasteiger partial charge in [0.1, 0.15) is 13.6 Å². The van der Waals surface area contributed by atoms with Gasteiger partial charge in [0.25, 0.3) is 0 Å². The van der Waals surface area contributed by atoms with Gasteiger partial charge in [0, 0.05) is 14.2 Å². The predicted octanol–water partition coefficient (Wildman–Crippen LogP) is 2.78. The second-order valence-corrected chi connectivity index (χ2v) is 8.17. The summed E-state index contributed by atoms with van der Waals surface area (Å²) in [6, 6.07) is 19.2. The van der Waals surface area contributed by atoms with E-state index < -0.39 is 0 Å². The highest BCUT2D eigenvalue weighted by molar-refractivity contribution is 5.74. The van der Waals surface area contributed by atoms with E-state index in [0.717, 1.165) is 11.1 Å². The van der Waals surface area contributed by atoms with E-state index in [-0.39, 0.29) is 31.7 Å². The van der Waals surface area contributed by atoms with Crippen LogP contribution in [-0.4, -0.2) is 85.6 Å². The number of carbonyl (C=O) groups is 1. The van der Waals surface area contributed by atoms with Gasteiger partial charge in [-0.3, -0.25) is 0 Å². The topological polar surface area (TPSA) is 96.5 Å². The molecule has 0 spiro atoms. The van der Waals surface area contributed by atoms with Gasteiger partial charge in [-0.25, -0.2) is 4.79 Å². The molecule has 0 aromatic heterocycles. The molecule has 2 N–H and O–H groups in total. The third-order valence-electron chi connectivity index (χ3n) is 5.16. The lowest BCUT2D eigenvalue weighted by Crippen LogP contribution is -2.50. The van der Waals surface area contributed by atoms with Crippen LogP contribution in [-0.2, 0) is 41.3 Å². The van der Waals surface area contributed by atoms with Crippen LogP contribution in [0, 0.1) is 0 Å². The number of rotatable bonds is 20. The highest BCUT2D eigenvalue weighted by Gasteiger charge is 2.18. The molecule has 2 amide bonds. The van der Waals surface area contributed by atoms with Gasteiger partial charge in [-0.2, -0.15) is 0 Å². The third-order valence-corrected chi connectivity index (χ3v) is 5.16. The van der Waals surface area contributed by atoms with Crippen LogP contribution < -0.4 is 10.6 Å². The fourth-order valence-electron chi connectivity index (χ4n) is 3.41. The van der Waals surface area contributed by atoms with Gasteiger partial charge in [-0.15, -0.1) is 0 Å². The first-order chi connectivity index (χ1) is 17.7. The molecular formula is C27H40N2O7. The van der Waals surface area contributed by atoms with Crippen LogP contribution in [0.15, 0.2) is 60.7 Å². The van der Waals surface area contributed by atoms with Crippen LogP contribution in [0.4, 0.5) is 4.79 Å². The third kappa shape index (κ3) is 14.1. The van der Waals surface area contributed by atoms with Crippen molar-refractivity contribution in [3.63, 3.8) is 0 Å². The first-order valence-electron chi connectivity index (χ1n) is 12.1.